The number of rotatable bonds is 2. The number of carbonyl (C=O) groups is 1. The lowest BCUT2D eigenvalue weighted by molar-refractivity contribution is 0.102. The number of halogens is 1. The van der Waals surface area contributed by atoms with Crippen molar-refractivity contribution in [2.75, 3.05) is 5.32 Å². The number of hydrogen-bond donors (Lipinski definition) is 4. The van der Waals surface area contributed by atoms with Gasteiger partial charge in [0.2, 0.25) is 0 Å². The molecule has 4 N–H and O–H groups in total. The molecule has 19 heavy (non-hydrogen) atoms. The van der Waals surface area contributed by atoms with Crippen LogP contribution in [0, 0.1) is 0 Å². The van der Waals surface area contributed by atoms with Crippen LogP contribution in [0.25, 0.3) is 0 Å². The summed E-state index contributed by atoms with van der Waals surface area (Å²) < 4.78 is 0. The lowest BCUT2D eigenvalue weighted by Crippen LogP contribution is -2.12. The number of amides is 1. The Hall–Kier alpha value is -2.40. The first-order valence-electron chi connectivity index (χ1n) is 5.30. The van der Waals surface area contributed by atoms with E-state index in [2.05, 4.69) is 5.32 Å². The Morgan fingerprint density at radius 2 is 1.68 bits per heavy atom. The van der Waals surface area contributed by atoms with Crippen LogP contribution in [0.15, 0.2) is 36.4 Å². The van der Waals surface area contributed by atoms with Gasteiger partial charge >= 0.3 is 0 Å². The van der Waals surface area contributed by atoms with Crippen molar-refractivity contribution in [3.63, 3.8) is 0 Å². The predicted octanol–water partition coefficient (Wildman–Crippen LogP) is 2.71. The number of carbonyl (C=O) groups excluding carboxylic acids is 1. The minimum absolute atomic E-state index is 0.0339. The second-order valence-electron chi connectivity index (χ2n) is 3.79. The number of hydrogen-bond acceptors (Lipinski definition) is 4. The second kappa shape index (κ2) is 5.07. The van der Waals surface area contributed by atoms with E-state index in [9.17, 15) is 20.1 Å². The first kappa shape index (κ1) is 13.0. The van der Waals surface area contributed by atoms with Gasteiger partial charge in [0.25, 0.3) is 5.91 Å². The van der Waals surface area contributed by atoms with Crippen LogP contribution in [0.5, 0.6) is 17.2 Å². The highest BCUT2D eigenvalue weighted by Crippen LogP contribution is 2.30. The van der Waals surface area contributed by atoms with Gasteiger partial charge in [0, 0.05) is 6.07 Å². The van der Waals surface area contributed by atoms with Crippen LogP contribution in [0.3, 0.4) is 0 Å². The van der Waals surface area contributed by atoms with E-state index in [1.807, 2.05) is 0 Å². The Morgan fingerprint density at radius 1 is 1.05 bits per heavy atom. The molecule has 0 saturated heterocycles. The van der Waals surface area contributed by atoms with Gasteiger partial charge in [-0.1, -0.05) is 17.7 Å². The summed E-state index contributed by atoms with van der Waals surface area (Å²) in [5.41, 5.74) is 0.0127. The molecule has 0 aliphatic carbocycles. The van der Waals surface area contributed by atoms with Crippen LogP contribution in [0.4, 0.5) is 5.69 Å². The van der Waals surface area contributed by atoms with Gasteiger partial charge in [-0.2, -0.15) is 0 Å². The molecule has 0 aliphatic rings. The van der Waals surface area contributed by atoms with Crippen LogP contribution in [-0.4, -0.2) is 21.2 Å². The molecule has 0 fully saturated rings. The molecule has 0 spiro atoms. The van der Waals surface area contributed by atoms with Gasteiger partial charge in [0.1, 0.15) is 22.8 Å². The quantitative estimate of drug-likeness (QED) is 0.636. The van der Waals surface area contributed by atoms with Crippen molar-refractivity contribution in [1.82, 2.24) is 0 Å². The van der Waals surface area contributed by atoms with E-state index in [4.69, 9.17) is 11.6 Å². The number of nitrogens with one attached hydrogen (secondary N) is 1. The van der Waals surface area contributed by atoms with Crippen molar-refractivity contribution in [2.45, 2.75) is 0 Å². The maximum atomic E-state index is 11.9. The smallest absolute Gasteiger partial charge is 0.263 e. The van der Waals surface area contributed by atoms with Gasteiger partial charge in [0.15, 0.2) is 0 Å². The van der Waals surface area contributed by atoms with Crippen LogP contribution >= 0.6 is 11.6 Å². The highest BCUT2D eigenvalue weighted by atomic mass is 35.5. The van der Waals surface area contributed by atoms with E-state index in [0.29, 0.717) is 0 Å². The highest BCUT2D eigenvalue weighted by molar-refractivity contribution is 6.34. The largest absolute Gasteiger partial charge is 0.508 e. The molecule has 0 atom stereocenters. The molecule has 5 nitrogen and oxygen atoms in total. The van der Waals surface area contributed by atoms with E-state index in [0.717, 1.165) is 0 Å². The average molecular weight is 280 g/mol. The normalized spacial score (nSPS) is 10.2. The number of anilines is 1. The van der Waals surface area contributed by atoms with E-state index in [-0.39, 0.29) is 33.5 Å². The second-order valence-corrected chi connectivity index (χ2v) is 4.20. The third-order valence-electron chi connectivity index (χ3n) is 2.45. The van der Waals surface area contributed by atoms with Crippen molar-refractivity contribution in [3.8, 4) is 17.2 Å². The molecular formula is C13H10ClNO4. The lowest BCUT2D eigenvalue weighted by Gasteiger charge is -2.09. The van der Waals surface area contributed by atoms with Crippen LogP contribution in [0.1, 0.15) is 10.4 Å². The summed E-state index contributed by atoms with van der Waals surface area (Å²) in [6.45, 7) is 0. The maximum Gasteiger partial charge on any atom is 0.263 e. The summed E-state index contributed by atoms with van der Waals surface area (Å²) >= 11 is 5.84. The molecule has 0 heterocycles. The van der Waals surface area contributed by atoms with Gasteiger partial charge in [-0.05, 0) is 24.3 Å². The van der Waals surface area contributed by atoms with E-state index in [1.54, 1.807) is 0 Å². The summed E-state index contributed by atoms with van der Waals surface area (Å²) in [7, 11) is 0. The number of aromatic hydroxyl groups is 3. The summed E-state index contributed by atoms with van der Waals surface area (Å²) in [5, 5.41) is 30.9. The fourth-order valence-corrected chi connectivity index (χ4v) is 1.77. The molecule has 0 aliphatic heterocycles. The molecule has 0 bridgehead atoms. The van der Waals surface area contributed by atoms with Crippen molar-refractivity contribution in [1.29, 1.82) is 0 Å². The number of phenols is 3. The maximum absolute atomic E-state index is 11.9. The first-order chi connectivity index (χ1) is 8.99. The number of phenolic OH excluding ortho intramolecular Hbond substituents is 3. The van der Waals surface area contributed by atoms with Crippen molar-refractivity contribution >= 4 is 23.2 Å². The zero-order chi connectivity index (χ0) is 14.0. The minimum Gasteiger partial charge on any atom is -0.508 e. The van der Waals surface area contributed by atoms with Gasteiger partial charge in [0.05, 0.1) is 10.7 Å². The molecule has 0 radical (unpaired) electrons. The molecular weight excluding hydrogens is 270 g/mol. The molecule has 0 saturated carbocycles. The molecule has 2 aromatic carbocycles. The predicted molar refractivity (Wildman–Crippen MR) is 70.8 cm³/mol. The Kier molecular flexibility index (Phi) is 3.48. The third kappa shape index (κ3) is 2.71. The van der Waals surface area contributed by atoms with Crippen molar-refractivity contribution in [3.05, 3.63) is 47.0 Å². The van der Waals surface area contributed by atoms with Crippen molar-refractivity contribution < 1.29 is 20.1 Å². The van der Waals surface area contributed by atoms with Crippen LogP contribution < -0.4 is 5.32 Å². The van der Waals surface area contributed by atoms with E-state index >= 15 is 0 Å². The first-order valence-corrected chi connectivity index (χ1v) is 5.67. The monoisotopic (exact) mass is 279 g/mol. The fourth-order valence-electron chi connectivity index (χ4n) is 1.55. The molecule has 6 heteroatoms. The molecule has 2 aromatic rings. The summed E-state index contributed by atoms with van der Waals surface area (Å²) in [5.74, 6) is -1.42. The molecule has 2 rings (SSSR count). The molecule has 0 aromatic heterocycles. The van der Waals surface area contributed by atoms with Gasteiger partial charge in [-0.25, -0.2) is 0 Å². The summed E-state index contributed by atoms with van der Waals surface area (Å²) in [4.78, 5) is 11.9. The Balaban J connectivity index is 2.31. The zero-order valence-electron chi connectivity index (χ0n) is 9.59. The van der Waals surface area contributed by atoms with E-state index in [1.165, 1.54) is 36.4 Å². The molecule has 98 valence electrons. The van der Waals surface area contributed by atoms with Gasteiger partial charge in [-0.3, -0.25) is 4.79 Å². The highest BCUT2D eigenvalue weighted by Gasteiger charge is 2.17. The van der Waals surface area contributed by atoms with Crippen molar-refractivity contribution in [2.24, 2.45) is 0 Å². The topological polar surface area (TPSA) is 89.8 Å². The van der Waals surface area contributed by atoms with Gasteiger partial charge in [-0.15, -0.1) is 0 Å². The Labute approximate surface area is 113 Å². The van der Waals surface area contributed by atoms with E-state index < -0.39 is 5.91 Å². The Morgan fingerprint density at radius 3 is 2.26 bits per heavy atom. The fraction of sp³-hybridized carbons (Fsp3) is 0. The molecule has 0 unspecified atom stereocenters. The number of benzene rings is 2. The standard InChI is InChI=1S/C13H10ClNO4/c14-8-6-7(16)4-5-9(8)15-13(19)12-10(17)2-1-3-11(12)18/h1-6,16-18H,(H,15,19). The van der Waals surface area contributed by atoms with Crippen LogP contribution in [0.2, 0.25) is 5.02 Å². The molecule has 1 amide bonds. The third-order valence-corrected chi connectivity index (χ3v) is 2.76. The van der Waals surface area contributed by atoms with Gasteiger partial charge < -0.3 is 20.6 Å². The van der Waals surface area contributed by atoms with Crippen LogP contribution in [-0.2, 0) is 0 Å². The zero-order valence-corrected chi connectivity index (χ0v) is 10.3. The average Bonchev–Trinajstić information content (AvgIpc) is 2.32. The summed E-state index contributed by atoms with van der Waals surface area (Å²) in [6, 6.07) is 8.01. The lowest BCUT2D eigenvalue weighted by atomic mass is 10.1. The Bertz CT molecular complexity index is 622. The SMILES string of the molecule is O=C(Nc1ccc(O)cc1Cl)c1c(O)cccc1O. The summed E-state index contributed by atoms with van der Waals surface area (Å²) in [6.07, 6.45) is 0. The minimum atomic E-state index is -0.705.